The maximum Gasteiger partial charge on any atom is 0.269 e. The van der Waals surface area contributed by atoms with Crippen LogP contribution in [0.15, 0.2) is 84.9 Å². The first-order valence-corrected chi connectivity index (χ1v) is 10.4. The van der Waals surface area contributed by atoms with Crippen molar-refractivity contribution in [2.45, 2.75) is 19.8 Å². The zero-order valence-corrected chi connectivity index (χ0v) is 17.6. The number of carbonyl (C=O) groups excluding carboxylic acids is 1. The summed E-state index contributed by atoms with van der Waals surface area (Å²) in [6.07, 6.45) is 1.44. The van der Waals surface area contributed by atoms with Gasteiger partial charge in [0.2, 0.25) is 0 Å². The maximum absolute atomic E-state index is 13.4. The number of para-hydroxylation sites is 1. The molecule has 0 aliphatic heterocycles. The van der Waals surface area contributed by atoms with E-state index in [1.807, 2.05) is 67.6 Å². The molecule has 0 unspecified atom stereocenters. The first-order valence-electron chi connectivity index (χ1n) is 10.4. The van der Waals surface area contributed by atoms with E-state index < -0.39 is 4.92 Å². The van der Waals surface area contributed by atoms with E-state index >= 15 is 0 Å². The lowest BCUT2D eigenvalue weighted by Crippen LogP contribution is -2.14. The molecule has 1 aromatic heterocycles. The second-order valence-corrected chi connectivity index (χ2v) is 7.29. The third-order valence-corrected chi connectivity index (χ3v) is 5.06. The van der Waals surface area contributed by atoms with Gasteiger partial charge in [-0.1, -0.05) is 61.9 Å². The van der Waals surface area contributed by atoms with Gasteiger partial charge in [-0.05, 0) is 30.7 Å². The molecule has 0 aliphatic carbocycles. The summed E-state index contributed by atoms with van der Waals surface area (Å²) in [6, 6.07) is 25.0. The summed E-state index contributed by atoms with van der Waals surface area (Å²) < 4.78 is 1.70. The van der Waals surface area contributed by atoms with E-state index in [1.165, 1.54) is 12.1 Å². The summed E-state index contributed by atoms with van der Waals surface area (Å²) in [4.78, 5) is 24.1. The molecule has 1 heterocycles. The van der Waals surface area contributed by atoms with Crippen molar-refractivity contribution in [3.63, 3.8) is 0 Å². The van der Waals surface area contributed by atoms with Crippen molar-refractivity contribution in [1.29, 1.82) is 0 Å². The fraction of sp³-hybridized carbons (Fsp3) is 0.120. The van der Waals surface area contributed by atoms with Gasteiger partial charge in [-0.15, -0.1) is 0 Å². The standard InChI is InChI=1S/C25H22N4O3/c1-2-9-22-23(25(30)26-19-12-7-4-8-13-19)24(18-10-5-3-6-11-18)28(27-22)20-14-16-21(17-15-20)29(31)32/h3-8,10-17H,2,9H2,1H3,(H,26,30). The molecule has 32 heavy (non-hydrogen) atoms. The molecule has 7 heteroatoms. The third kappa shape index (κ3) is 4.27. The van der Waals surface area contributed by atoms with Gasteiger partial charge in [0, 0.05) is 23.4 Å². The normalized spacial score (nSPS) is 10.7. The predicted molar refractivity (Wildman–Crippen MR) is 124 cm³/mol. The van der Waals surface area contributed by atoms with Gasteiger partial charge in [-0.3, -0.25) is 14.9 Å². The first kappa shape index (κ1) is 21.0. The predicted octanol–water partition coefficient (Wildman–Crippen LogP) is 5.65. The lowest BCUT2D eigenvalue weighted by Gasteiger charge is -2.11. The molecule has 4 aromatic rings. The number of nitro groups is 1. The molecule has 0 aliphatic rings. The van der Waals surface area contributed by atoms with E-state index in [0.29, 0.717) is 34.7 Å². The minimum atomic E-state index is -0.438. The smallest absolute Gasteiger partial charge is 0.269 e. The second kappa shape index (κ2) is 9.26. The number of carbonyl (C=O) groups is 1. The molecular weight excluding hydrogens is 404 g/mol. The topological polar surface area (TPSA) is 90.1 Å². The molecule has 7 nitrogen and oxygen atoms in total. The molecule has 0 fully saturated rings. The number of rotatable bonds is 7. The second-order valence-electron chi connectivity index (χ2n) is 7.29. The molecule has 0 spiro atoms. The number of nitro benzene ring substituents is 1. The summed E-state index contributed by atoms with van der Waals surface area (Å²) in [5, 5.41) is 18.8. The molecule has 160 valence electrons. The quantitative estimate of drug-likeness (QED) is 0.305. The Morgan fingerprint density at radius 3 is 2.19 bits per heavy atom. The summed E-state index contributed by atoms with van der Waals surface area (Å²) in [5.74, 6) is -0.244. The average molecular weight is 426 g/mol. The van der Waals surface area contributed by atoms with Crippen LogP contribution in [0.3, 0.4) is 0 Å². The number of benzene rings is 3. The number of nitrogens with one attached hydrogen (secondary N) is 1. The molecular formula is C25H22N4O3. The van der Waals surface area contributed by atoms with Gasteiger partial charge in [0.15, 0.2) is 0 Å². The van der Waals surface area contributed by atoms with Crippen molar-refractivity contribution in [3.8, 4) is 16.9 Å². The lowest BCUT2D eigenvalue weighted by molar-refractivity contribution is -0.384. The van der Waals surface area contributed by atoms with Crippen LogP contribution < -0.4 is 5.32 Å². The van der Waals surface area contributed by atoms with Crippen molar-refractivity contribution >= 4 is 17.3 Å². The van der Waals surface area contributed by atoms with E-state index in [2.05, 4.69) is 5.32 Å². The first-order chi connectivity index (χ1) is 15.6. The Labute approximate surface area is 185 Å². The van der Waals surface area contributed by atoms with E-state index in [1.54, 1.807) is 16.8 Å². The highest BCUT2D eigenvalue weighted by molar-refractivity contribution is 6.09. The molecule has 3 aromatic carbocycles. The van der Waals surface area contributed by atoms with Gasteiger partial charge < -0.3 is 5.32 Å². The molecule has 0 atom stereocenters. The summed E-state index contributed by atoms with van der Waals surface area (Å²) >= 11 is 0. The summed E-state index contributed by atoms with van der Waals surface area (Å²) in [7, 11) is 0. The van der Waals surface area contributed by atoms with E-state index in [0.717, 1.165) is 12.0 Å². The number of non-ortho nitro benzene ring substituents is 1. The van der Waals surface area contributed by atoms with Crippen LogP contribution in [0.25, 0.3) is 16.9 Å². The maximum atomic E-state index is 13.4. The van der Waals surface area contributed by atoms with Crippen LogP contribution in [0.1, 0.15) is 29.4 Å². The number of nitrogens with zero attached hydrogens (tertiary/aromatic N) is 3. The molecule has 0 bridgehead atoms. The Morgan fingerprint density at radius 1 is 0.969 bits per heavy atom. The highest BCUT2D eigenvalue weighted by Gasteiger charge is 2.25. The van der Waals surface area contributed by atoms with Gasteiger partial charge in [0.1, 0.15) is 0 Å². The SMILES string of the molecule is CCCc1nn(-c2ccc([N+](=O)[O-])cc2)c(-c2ccccc2)c1C(=O)Nc1ccccc1. The van der Waals surface area contributed by atoms with E-state index in [-0.39, 0.29) is 11.6 Å². The zero-order chi connectivity index (χ0) is 22.5. The molecule has 0 saturated heterocycles. The van der Waals surface area contributed by atoms with Crippen LogP contribution in [-0.2, 0) is 6.42 Å². The Hall–Kier alpha value is -4.26. The van der Waals surface area contributed by atoms with Crippen molar-refractivity contribution in [2.24, 2.45) is 0 Å². The van der Waals surface area contributed by atoms with Crippen molar-refractivity contribution in [1.82, 2.24) is 9.78 Å². The van der Waals surface area contributed by atoms with Crippen LogP contribution in [0.5, 0.6) is 0 Å². The minimum absolute atomic E-state index is 0.00186. The van der Waals surface area contributed by atoms with Crippen LogP contribution in [0.2, 0.25) is 0 Å². The number of aryl methyl sites for hydroxylation is 1. The Morgan fingerprint density at radius 2 is 1.59 bits per heavy atom. The van der Waals surface area contributed by atoms with E-state index in [4.69, 9.17) is 5.10 Å². The highest BCUT2D eigenvalue weighted by Crippen LogP contribution is 2.31. The Bertz CT molecular complexity index is 1230. The Kier molecular flexibility index (Phi) is 6.07. The number of hydrogen-bond donors (Lipinski definition) is 1. The number of anilines is 1. The zero-order valence-electron chi connectivity index (χ0n) is 17.6. The fourth-order valence-electron chi connectivity index (χ4n) is 3.59. The van der Waals surface area contributed by atoms with Crippen molar-refractivity contribution in [3.05, 3.63) is 106 Å². The van der Waals surface area contributed by atoms with E-state index in [9.17, 15) is 14.9 Å². The fourth-order valence-corrected chi connectivity index (χ4v) is 3.59. The molecule has 0 saturated carbocycles. The number of aromatic nitrogens is 2. The lowest BCUT2D eigenvalue weighted by atomic mass is 10.0. The third-order valence-electron chi connectivity index (χ3n) is 5.06. The molecule has 1 N–H and O–H groups in total. The summed E-state index contributed by atoms with van der Waals surface area (Å²) in [6.45, 7) is 2.03. The minimum Gasteiger partial charge on any atom is -0.322 e. The van der Waals surface area contributed by atoms with Crippen molar-refractivity contribution in [2.75, 3.05) is 5.32 Å². The largest absolute Gasteiger partial charge is 0.322 e. The van der Waals surface area contributed by atoms with Crippen molar-refractivity contribution < 1.29 is 9.72 Å². The average Bonchev–Trinajstić information content (AvgIpc) is 3.20. The van der Waals surface area contributed by atoms with Gasteiger partial charge in [-0.2, -0.15) is 5.10 Å². The molecule has 4 rings (SSSR count). The highest BCUT2D eigenvalue weighted by atomic mass is 16.6. The van der Waals surface area contributed by atoms with Gasteiger partial charge >= 0.3 is 0 Å². The molecule has 1 amide bonds. The van der Waals surface area contributed by atoms with Gasteiger partial charge in [0.05, 0.1) is 27.6 Å². The number of hydrogen-bond acceptors (Lipinski definition) is 4. The number of amides is 1. The van der Waals surface area contributed by atoms with Crippen LogP contribution in [-0.4, -0.2) is 20.6 Å². The Balaban J connectivity index is 1.89. The van der Waals surface area contributed by atoms with Gasteiger partial charge in [-0.25, -0.2) is 4.68 Å². The molecule has 0 radical (unpaired) electrons. The monoisotopic (exact) mass is 426 g/mol. The van der Waals surface area contributed by atoms with Crippen LogP contribution >= 0.6 is 0 Å². The van der Waals surface area contributed by atoms with Gasteiger partial charge in [0.25, 0.3) is 11.6 Å². The van der Waals surface area contributed by atoms with Crippen LogP contribution in [0, 0.1) is 10.1 Å². The summed E-state index contributed by atoms with van der Waals surface area (Å²) in [5.41, 5.74) is 4.00. The van der Waals surface area contributed by atoms with Crippen LogP contribution in [0.4, 0.5) is 11.4 Å².